The molecule has 38 heavy (non-hydrogen) atoms. The van der Waals surface area contributed by atoms with Crippen LogP contribution >= 0.6 is 0 Å². The monoisotopic (exact) mass is 516 g/mol. The van der Waals surface area contributed by atoms with Gasteiger partial charge >= 0.3 is 5.97 Å². The van der Waals surface area contributed by atoms with Crippen molar-refractivity contribution < 1.29 is 18.7 Å². The Labute approximate surface area is 213 Å². The van der Waals surface area contributed by atoms with Gasteiger partial charge in [0.05, 0.1) is 33.1 Å². The number of fused-ring (bicyclic) bond motifs is 5. The topological polar surface area (TPSA) is 116 Å². The van der Waals surface area contributed by atoms with E-state index in [0.29, 0.717) is 56.5 Å². The zero-order valence-electron chi connectivity index (χ0n) is 20.5. The predicted molar refractivity (Wildman–Crippen MR) is 140 cm³/mol. The summed E-state index contributed by atoms with van der Waals surface area (Å²) in [6.07, 6.45) is 5.62. The number of carbonyl (C=O) groups is 1. The van der Waals surface area contributed by atoms with E-state index in [9.17, 15) is 19.1 Å². The predicted octanol–water partition coefficient (Wildman–Crippen LogP) is 4.10. The highest BCUT2D eigenvalue weighted by Gasteiger charge is 2.46. The summed E-state index contributed by atoms with van der Waals surface area (Å²) in [7, 11) is 3.26. The van der Waals surface area contributed by atoms with Crippen LogP contribution in [-0.2, 0) is 7.05 Å². The summed E-state index contributed by atoms with van der Waals surface area (Å²) in [6, 6.07) is 2.72. The van der Waals surface area contributed by atoms with Gasteiger partial charge in [0.2, 0.25) is 5.43 Å². The third-order valence-corrected chi connectivity index (χ3v) is 7.88. The molecule has 1 saturated heterocycles. The molecule has 0 amide bonds. The van der Waals surface area contributed by atoms with Crippen LogP contribution in [0.15, 0.2) is 35.5 Å². The van der Waals surface area contributed by atoms with Gasteiger partial charge in [-0.1, -0.05) is 0 Å². The van der Waals surface area contributed by atoms with E-state index in [0.717, 1.165) is 25.6 Å². The van der Waals surface area contributed by atoms with Gasteiger partial charge in [0.25, 0.3) is 0 Å². The maximum atomic E-state index is 15.4. The number of aromatic carboxylic acids is 1. The molecule has 11 heteroatoms. The van der Waals surface area contributed by atoms with Gasteiger partial charge in [0.1, 0.15) is 16.9 Å². The lowest BCUT2D eigenvalue weighted by atomic mass is 10.0. The van der Waals surface area contributed by atoms with Gasteiger partial charge < -0.3 is 24.9 Å². The van der Waals surface area contributed by atoms with Gasteiger partial charge in [0.15, 0.2) is 11.6 Å². The number of rotatable bonds is 4. The van der Waals surface area contributed by atoms with Crippen molar-refractivity contribution in [2.75, 3.05) is 30.4 Å². The summed E-state index contributed by atoms with van der Waals surface area (Å²) < 4.78 is 31.6. The van der Waals surface area contributed by atoms with Crippen molar-refractivity contribution in [1.82, 2.24) is 19.5 Å². The fourth-order valence-corrected chi connectivity index (χ4v) is 5.92. The first-order valence-corrected chi connectivity index (χ1v) is 12.2. The molecule has 2 atom stereocenters. The van der Waals surface area contributed by atoms with Crippen LogP contribution in [0.1, 0.15) is 16.8 Å². The summed E-state index contributed by atoms with van der Waals surface area (Å²) in [5.74, 6) is -2.17. The Morgan fingerprint density at radius 2 is 1.92 bits per heavy atom. The number of aryl methyl sites for hydroxylation is 1. The number of aromatic nitrogens is 4. The molecule has 2 aliphatic rings. The van der Waals surface area contributed by atoms with E-state index in [-0.39, 0.29) is 16.3 Å². The van der Waals surface area contributed by atoms with Crippen LogP contribution in [0.2, 0.25) is 0 Å². The average molecular weight is 517 g/mol. The highest BCUT2D eigenvalue weighted by Crippen LogP contribution is 2.50. The number of halogens is 2. The van der Waals surface area contributed by atoms with Crippen molar-refractivity contribution in [3.8, 4) is 11.1 Å². The molecule has 0 bridgehead atoms. The highest BCUT2D eigenvalue weighted by atomic mass is 19.2. The van der Waals surface area contributed by atoms with Gasteiger partial charge in [-0.2, -0.15) is 0 Å². The number of anilines is 2. The average Bonchev–Trinajstić information content (AvgIpc) is 3.32. The first-order chi connectivity index (χ1) is 18.3. The molecule has 1 saturated carbocycles. The van der Waals surface area contributed by atoms with Crippen LogP contribution in [0.25, 0.3) is 44.1 Å². The van der Waals surface area contributed by atoms with Gasteiger partial charge in [-0.3, -0.25) is 4.79 Å². The van der Waals surface area contributed by atoms with E-state index in [4.69, 9.17) is 0 Å². The SMILES string of the molecule is CNc1cc(F)c(F)c2c1[nH]c1ncc(-c3cnc4c(c3)c(=O)c(C(=O)O)cn4C)c(N3CC4CC4C3)c12. The van der Waals surface area contributed by atoms with Crippen molar-refractivity contribution in [3.05, 3.63) is 58.1 Å². The summed E-state index contributed by atoms with van der Waals surface area (Å²) in [4.78, 5) is 39.1. The number of pyridine rings is 3. The number of hydrogen-bond acceptors (Lipinski definition) is 6. The Kier molecular flexibility index (Phi) is 4.61. The van der Waals surface area contributed by atoms with E-state index >= 15 is 4.39 Å². The van der Waals surface area contributed by atoms with Crippen molar-refractivity contribution in [2.45, 2.75) is 6.42 Å². The minimum Gasteiger partial charge on any atom is -0.477 e. The van der Waals surface area contributed by atoms with Crippen LogP contribution in [-0.4, -0.2) is 50.7 Å². The first-order valence-electron chi connectivity index (χ1n) is 12.2. The second-order valence-corrected chi connectivity index (χ2v) is 10.1. The molecule has 1 aliphatic carbocycles. The zero-order valence-corrected chi connectivity index (χ0v) is 20.5. The summed E-state index contributed by atoms with van der Waals surface area (Å²) in [6.45, 7) is 1.54. The lowest BCUT2D eigenvalue weighted by Gasteiger charge is -2.25. The van der Waals surface area contributed by atoms with E-state index in [2.05, 4.69) is 25.2 Å². The van der Waals surface area contributed by atoms with Crippen LogP contribution in [0.5, 0.6) is 0 Å². The standard InChI is InChI=1S/C27H22F2N6O3/c1-30-18-5-17(28)21(29)19-20-23(35-8-12-3-13(12)9-35)15(7-31-25(20)33-22(18)19)11-4-14-24(36)16(27(37)38)10-34(2)26(14)32-6-11/h4-7,10,12-13,30H,3,8-9H2,1-2H3,(H,31,33)(H,37,38). The van der Waals surface area contributed by atoms with Crippen LogP contribution in [0.3, 0.4) is 0 Å². The number of nitrogens with zero attached hydrogens (tertiary/aromatic N) is 4. The largest absolute Gasteiger partial charge is 0.477 e. The summed E-state index contributed by atoms with van der Waals surface area (Å²) >= 11 is 0. The summed E-state index contributed by atoms with van der Waals surface area (Å²) in [5.41, 5.74) is 2.39. The Hall–Kier alpha value is -4.54. The Morgan fingerprint density at radius 3 is 2.63 bits per heavy atom. The lowest BCUT2D eigenvalue weighted by Crippen LogP contribution is -2.23. The number of benzene rings is 1. The fourth-order valence-electron chi connectivity index (χ4n) is 5.92. The number of carboxylic acid groups (broad SMARTS) is 1. The first kappa shape index (κ1) is 22.6. The van der Waals surface area contributed by atoms with Crippen molar-refractivity contribution in [3.63, 3.8) is 0 Å². The Morgan fingerprint density at radius 1 is 1.16 bits per heavy atom. The van der Waals surface area contributed by atoms with E-state index < -0.39 is 23.0 Å². The molecule has 192 valence electrons. The number of H-pyrrole nitrogens is 1. The molecule has 3 N–H and O–H groups in total. The molecule has 2 fully saturated rings. The molecule has 7 rings (SSSR count). The van der Waals surface area contributed by atoms with Crippen LogP contribution < -0.4 is 15.6 Å². The minimum atomic E-state index is -1.32. The maximum absolute atomic E-state index is 15.4. The van der Waals surface area contributed by atoms with Gasteiger partial charge in [-0.05, 0) is 24.3 Å². The normalized spacial score (nSPS) is 18.5. The molecule has 2 unspecified atom stereocenters. The zero-order chi connectivity index (χ0) is 26.5. The van der Waals surface area contributed by atoms with Gasteiger partial charge in [-0.25, -0.2) is 23.5 Å². The van der Waals surface area contributed by atoms with Crippen LogP contribution in [0.4, 0.5) is 20.2 Å². The Balaban J connectivity index is 1.56. The molecule has 1 aromatic carbocycles. The van der Waals surface area contributed by atoms with Crippen molar-refractivity contribution in [1.29, 1.82) is 0 Å². The summed E-state index contributed by atoms with van der Waals surface area (Å²) in [5, 5.41) is 13.1. The Bertz CT molecular complexity index is 1900. The quantitative estimate of drug-likeness (QED) is 0.329. The van der Waals surface area contributed by atoms with Crippen molar-refractivity contribution >= 4 is 50.3 Å². The minimum absolute atomic E-state index is 0.104. The highest BCUT2D eigenvalue weighted by molar-refractivity contribution is 6.18. The molecule has 1 aliphatic heterocycles. The number of carboxylic acids is 1. The lowest BCUT2D eigenvalue weighted by molar-refractivity contribution is 0.0695. The van der Waals surface area contributed by atoms with E-state index in [1.54, 1.807) is 32.6 Å². The molecular weight excluding hydrogens is 494 g/mol. The number of hydrogen-bond donors (Lipinski definition) is 3. The third-order valence-electron chi connectivity index (χ3n) is 7.88. The number of nitrogens with one attached hydrogen (secondary N) is 2. The molecule has 0 spiro atoms. The second-order valence-electron chi connectivity index (χ2n) is 10.1. The fraction of sp³-hybridized carbons (Fsp3) is 0.259. The second kappa shape index (κ2) is 7.73. The smallest absolute Gasteiger partial charge is 0.341 e. The third kappa shape index (κ3) is 3.07. The molecular formula is C27H22F2N6O3. The van der Waals surface area contributed by atoms with Crippen molar-refractivity contribution in [2.24, 2.45) is 18.9 Å². The van der Waals surface area contributed by atoms with Gasteiger partial charge in [-0.15, -0.1) is 0 Å². The van der Waals surface area contributed by atoms with E-state index in [1.165, 1.54) is 10.8 Å². The maximum Gasteiger partial charge on any atom is 0.341 e. The molecule has 5 aromatic rings. The molecule has 4 aromatic heterocycles. The van der Waals surface area contributed by atoms with Crippen LogP contribution in [0, 0.1) is 23.5 Å². The number of piperidine rings is 1. The molecule has 5 heterocycles. The molecule has 0 radical (unpaired) electrons. The molecule has 9 nitrogen and oxygen atoms in total. The van der Waals surface area contributed by atoms with Gasteiger partial charge in [0, 0.05) is 63.0 Å². The van der Waals surface area contributed by atoms with E-state index in [1.807, 2.05) is 0 Å². The number of aromatic amines is 1.